The van der Waals surface area contributed by atoms with Crippen molar-refractivity contribution in [1.82, 2.24) is 29.0 Å². The largest absolute Gasteiger partial charge is 0.380 e. The molecule has 1 N–H and O–H groups in total. The molecule has 0 spiro atoms. The van der Waals surface area contributed by atoms with Crippen LogP contribution in [0.15, 0.2) is 42.9 Å². The van der Waals surface area contributed by atoms with Gasteiger partial charge in [-0.05, 0) is 30.7 Å². The standard InChI is InChI=1S/C18H22N6O2/c1-21-16(5-6-19-21)18(26)15-11-14-12-23(9-4-10-24(14)20-15)17(25)13-22-7-2-3-8-22/h2-3,5-8,11,18,26H,4,9-10,12-13H2,1H3. The summed E-state index contributed by atoms with van der Waals surface area (Å²) in [6.45, 7) is 2.29. The van der Waals surface area contributed by atoms with Gasteiger partial charge in [0.25, 0.3) is 0 Å². The number of aliphatic hydroxyl groups is 1. The summed E-state index contributed by atoms with van der Waals surface area (Å²) in [7, 11) is 1.79. The number of aromatic nitrogens is 5. The Hall–Kier alpha value is -2.87. The molecule has 136 valence electrons. The molecule has 1 aliphatic heterocycles. The first-order chi connectivity index (χ1) is 12.6. The summed E-state index contributed by atoms with van der Waals surface area (Å²) >= 11 is 0. The first kappa shape index (κ1) is 16.6. The molecule has 0 aliphatic carbocycles. The fourth-order valence-electron chi connectivity index (χ4n) is 3.37. The molecule has 1 unspecified atom stereocenters. The van der Waals surface area contributed by atoms with Crippen LogP contribution in [0, 0.1) is 0 Å². The normalized spacial score (nSPS) is 15.5. The summed E-state index contributed by atoms with van der Waals surface area (Å²) in [6.07, 6.45) is 5.45. The van der Waals surface area contributed by atoms with Crippen LogP contribution in [-0.2, 0) is 31.5 Å². The van der Waals surface area contributed by atoms with E-state index in [0.29, 0.717) is 31.0 Å². The maximum absolute atomic E-state index is 12.6. The van der Waals surface area contributed by atoms with E-state index in [0.717, 1.165) is 18.7 Å². The van der Waals surface area contributed by atoms with Crippen molar-refractivity contribution >= 4 is 5.91 Å². The van der Waals surface area contributed by atoms with Crippen molar-refractivity contribution in [2.45, 2.75) is 32.2 Å². The summed E-state index contributed by atoms with van der Waals surface area (Å²) in [5.74, 6) is 0.0876. The smallest absolute Gasteiger partial charge is 0.242 e. The maximum atomic E-state index is 12.6. The zero-order chi connectivity index (χ0) is 18.1. The Morgan fingerprint density at radius 3 is 2.85 bits per heavy atom. The molecule has 26 heavy (non-hydrogen) atoms. The van der Waals surface area contributed by atoms with Gasteiger partial charge in [0.15, 0.2) is 0 Å². The molecule has 1 aliphatic rings. The summed E-state index contributed by atoms with van der Waals surface area (Å²) in [5, 5.41) is 19.3. The topological polar surface area (TPSA) is 81.1 Å². The van der Waals surface area contributed by atoms with Crippen LogP contribution in [0.3, 0.4) is 0 Å². The second-order valence-electron chi connectivity index (χ2n) is 6.59. The number of rotatable bonds is 4. The fraction of sp³-hybridized carbons (Fsp3) is 0.389. The SMILES string of the molecule is Cn1nccc1C(O)c1cc2n(n1)CCCN(C(=O)Cn1cccc1)C2. The van der Waals surface area contributed by atoms with Gasteiger partial charge in [-0.2, -0.15) is 10.2 Å². The molecule has 0 aromatic carbocycles. The van der Waals surface area contributed by atoms with Crippen LogP contribution >= 0.6 is 0 Å². The van der Waals surface area contributed by atoms with Crippen molar-refractivity contribution in [3.05, 3.63) is 59.9 Å². The van der Waals surface area contributed by atoms with Gasteiger partial charge in [-0.3, -0.25) is 14.2 Å². The number of fused-ring (bicyclic) bond motifs is 1. The van der Waals surface area contributed by atoms with Crippen molar-refractivity contribution in [2.75, 3.05) is 6.54 Å². The monoisotopic (exact) mass is 354 g/mol. The average molecular weight is 354 g/mol. The Labute approximate surface area is 151 Å². The average Bonchev–Trinajstić information content (AvgIpc) is 3.34. The third kappa shape index (κ3) is 3.15. The Morgan fingerprint density at radius 1 is 1.31 bits per heavy atom. The number of carbonyl (C=O) groups is 1. The van der Waals surface area contributed by atoms with Crippen molar-refractivity contribution in [3.63, 3.8) is 0 Å². The van der Waals surface area contributed by atoms with E-state index in [1.807, 2.05) is 44.7 Å². The molecular weight excluding hydrogens is 332 g/mol. The predicted octanol–water partition coefficient (Wildman–Crippen LogP) is 0.932. The van der Waals surface area contributed by atoms with E-state index in [2.05, 4.69) is 10.2 Å². The fourth-order valence-corrected chi connectivity index (χ4v) is 3.37. The zero-order valence-corrected chi connectivity index (χ0v) is 14.7. The molecule has 0 fully saturated rings. The third-order valence-corrected chi connectivity index (χ3v) is 4.79. The van der Waals surface area contributed by atoms with Crippen LogP contribution < -0.4 is 0 Å². The van der Waals surface area contributed by atoms with Gasteiger partial charge in [0.05, 0.1) is 23.6 Å². The van der Waals surface area contributed by atoms with Crippen LogP contribution in [0.5, 0.6) is 0 Å². The lowest BCUT2D eigenvalue weighted by atomic mass is 10.2. The zero-order valence-electron chi connectivity index (χ0n) is 14.7. The van der Waals surface area contributed by atoms with Crippen molar-refractivity contribution in [3.8, 4) is 0 Å². The molecule has 0 saturated carbocycles. The predicted molar refractivity (Wildman–Crippen MR) is 94.0 cm³/mol. The second kappa shape index (κ2) is 6.80. The highest BCUT2D eigenvalue weighted by Crippen LogP contribution is 2.23. The van der Waals surface area contributed by atoms with E-state index in [1.54, 1.807) is 24.0 Å². The number of aliphatic hydroxyl groups excluding tert-OH is 1. The van der Waals surface area contributed by atoms with Gasteiger partial charge in [0, 0.05) is 38.7 Å². The molecule has 0 bridgehead atoms. The van der Waals surface area contributed by atoms with E-state index in [9.17, 15) is 9.90 Å². The molecule has 0 radical (unpaired) electrons. The molecule has 3 aromatic rings. The number of aryl methyl sites for hydroxylation is 2. The van der Waals surface area contributed by atoms with Crippen LogP contribution in [0.1, 0.15) is 29.6 Å². The van der Waals surface area contributed by atoms with Gasteiger partial charge in [0.2, 0.25) is 5.91 Å². The Morgan fingerprint density at radius 2 is 2.12 bits per heavy atom. The van der Waals surface area contributed by atoms with E-state index in [4.69, 9.17) is 0 Å². The molecule has 8 nitrogen and oxygen atoms in total. The highest BCUT2D eigenvalue weighted by Gasteiger charge is 2.24. The van der Waals surface area contributed by atoms with Gasteiger partial charge in [-0.25, -0.2) is 0 Å². The molecule has 8 heteroatoms. The number of amides is 1. The molecule has 4 rings (SSSR count). The van der Waals surface area contributed by atoms with Crippen LogP contribution in [0.4, 0.5) is 0 Å². The lowest BCUT2D eigenvalue weighted by Gasteiger charge is -2.20. The molecule has 0 saturated heterocycles. The highest BCUT2D eigenvalue weighted by atomic mass is 16.3. The number of carbonyl (C=O) groups excluding carboxylic acids is 1. The van der Waals surface area contributed by atoms with E-state index < -0.39 is 6.10 Å². The van der Waals surface area contributed by atoms with Gasteiger partial charge in [-0.1, -0.05) is 0 Å². The van der Waals surface area contributed by atoms with E-state index in [-0.39, 0.29) is 5.91 Å². The summed E-state index contributed by atoms with van der Waals surface area (Å²) in [4.78, 5) is 14.5. The Bertz CT molecular complexity index is 895. The Kier molecular flexibility index (Phi) is 4.34. The number of hydrogen-bond acceptors (Lipinski definition) is 4. The van der Waals surface area contributed by atoms with Gasteiger partial charge in [0.1, 0.15) is 12.6 Å². The van der Waals surface area contributed by atoms with Gasteiger partial charge in [-0.15, -0.1) is 0 Å². The second-order valence-corrected chi connectivity index (χ2v) is 6.59. The minimum Gasteiger partial charge on any atom is -0.380 e. The summed E-state index contributed by atoms with van der Waals surface area (Å²) in [5.41, 5.74) is 2.22. The van der Waals surface area contributed by atoms with Crippen molar-refractivity contribution < 1.29 is 9.90 Å². The van der Waals surface area contributed by atoms with E-state index in [1.165, 1.54) is 0 Å². The Balaban J connectivity index is 1.52. The van der Waals surface area contributed by atoms with Gasteiger partial charge < -0.3 is 14.6 Å². The van der Waals surface area contributed by atoms with E-state index >= 15 is 0 Å². The molecular formula is C18H22N6O2. The highest BCUT2D eigenvalue weighted by molar-refractivity contribution is 5.76. The first-order valence-corrected chi connectivity index (χ1v) is 8.73. The number of nitrogens with zero attached hydrogens (tertiary/aromatic N) is 6. The van der Waals surface area contributed by atoms with Gasteiger partial charge >= 0.3 is 0 Å². The van der Waals surface area contributed by atoms with Crippen molar-refractivity contribution in [1.29, 1.82) is 0 Å². The van der Waals surface area contributed by atoms with Crippen LogP contribution in [-0.4, -0.2) is 46.6 Å². The van der Waals surface area contributed by atoms with Crippen molar-refractivity contribution in [2.24, 2.45) is 7.05 Å². The van der Waals surface area contributed by atoms with Crippen LogP contribution in [0.25, 0.3) is 0 Å². The molecule has 4 heterocycles. The minimum absolute atomic E-state index is 0.0876. The molecule has 1 atom stereocenters. The summed E-state index contributed by atoms with van der Waals surface area (Å²) < 4.78 is 5.42. The third-order valence-electron chi connectivity index (χ3n) is 4.79. The quantitative estimate of drug-likeness (QED) is 0.756. The maximum Gasteiger partial charge on any atom is 0.242 e. The summed E-state index contributed by atoms with van der Waals surface area (Å²) in [6, 6.07) is 7.49. The first-order valence-electron chi connectivity index (χ1n) is 8.73. The lowest BCUT2D eigenvalue weighted by Crippen LogP contribution is -2.33. The number of hydrogen-bond donors (Lipinski definition) is 1. The lowest BCUT2D eigenvalue weighted by molar-refractivity contribution is -0.132. The molecule has 3 aromatic heterocycles. The minimum atomic E-state index is -0.828. The van der Waals surface area contributed by atoms with Crippen LogP contribution in [0.2, 0.25) is 0 Å². The molecule has 1 amide bonds.